The van der Waals surface area contributed by atoms with E-state index in [4.69, 9.17) is 4.74 Å². The van der Waals surface area contributed by atoms with Crippen LogP contribution >= 0.6 is 0 Å². The predicted molar refractivity (Wildman–Crippen MR) is 84.2 cm³/mol. The van der Waals surface area contributed by atoms with Crippen LogP contribution in [0.5, 0.6) is 0 Å². The lowest BCUT2D eigenvalue weighted by molar-refractivity contribution is 0.139. The van der Waals surface area contributed by atoms with Gasteiger partial charge in [0, 0.05) is 0 Å². The summed E-state index contributed by atoms with van der Waals surface area (Å²) in [5, 5.41) is 15.2. The number of methoxy groups -OCH3 is 1. The summed E-state index contributed by atoms with van der Waals surface area (Å²) in [6, 6.07) is 7.98. The number of carbonyl (C=O) groups is 1. The van der Waals surface area contributed by atoms with E-state index in [1.54, 1.807) is 4.68 Å². The average Bonchev–Trinajstić information content (AvgIpc) is 3.06. The molecule has 1 heterocycles. The Kier molecular flexibility index (Phi) is 4.27. The maximum absolute atomic E-state index is 11.9. The summed E-state index contributed by atoms with van der Waals surface area (Å²) in [5.41, 5.74) is 1.47. The molecule has 0 radical (unpaired) electrons. The van der Waals surface area contributed by atoms with Gasteiger partial charge < -0.3 is 10.1 Å². The van der Waals surface area contributed by atoms with Gasteiger partial charge in [0.25, 0.3) is 0 Å². The Bertz CT molecular complexity index is 674. The average molecular weight is 315 g/mol. The third-order valence-corrected chi connectivity index (χ3v) is 4.41. The number of tetrazole rings is 1. The Hall–Kier alpha value is -2.44. The van der Waals surface area contributed by atoms with Gasteiger partial charge in [-0.1, -0.05) is 37.0 Å². The monoisotopic (exact) mass is 315 g/mol. The van der Waals surface area contributed by atoms with Crippen LogP contribution in [0, 0.1) is 6.92 Å². The van der Waals surface area contributed by atoms with E-state index in [-0.39, 0.29) is 0 Å². The Labute approximate surface area is 135 Å². The highest BCUT2D eigenvalue weighted by Gasteiger charge is 2.41. The molecule has 1 N–H and O–H groups in total. The summed E-state index contributed by atoms with van der Waals surface area (Å²) in [6.45, 7) is 2.03. The molecular formula is C16H21N5O2. The molecule has 7 nitrogen and oxygen atoms in total. The van der Waals surface area contributed by atoms with E-state index in [0.29, 0.717) is 5.82 Å². The van der Waals surface area contributed by atoms with Crippen LogP contribution in [0.15, 0.2) is 24.3 Å². The van der Waals surface area contributed by atoms with Crippen molar-refractivity contribution < 1.29 is 9.53 Å². The van der Waals surface area contributed by atoms with E-state index in [1.807, 2.05) is 31.2 Å². The predicted octanol–water partition coefficient (Wildman–Crippen LogP) is 2.49. The molecule has 1 aromatic carbocycles. The summed E-state index contributed by atoms with van der Waals surface area (Å²) >= 11 is 0. The van der Waals surface area contributed by atoms with Gasteiger partial charge in [-0.05, 0) is 42.3 Å². The van der Waals surface area contributed by atoms with Crippen LogP contribution in [0.1, 0.15) is 43.5 Å². The Morgan fingerprint density at radius 1 is 1.22 bits per heavy atom. The molecule has 2 aromatic rings. The van der Waals surface area contributed by atoms with E-state index < -0.39 is 11.6 Å². The zero-order valence-corrected chi connectivity index (χ0v) is 13.5. The third kappa shape index (κ3) is 3.04. The fourth-order valence-corrected chi connectivity index (χ4v) is 3.15. The smallest absolute Gasteiger partial charge is 0.407 e. The number of rotatable bonds is 3. The van der Waals surface area contributed by atoms with Crippen molar-refractivity contribution in [1.29, 1.82) is 0 Å². The normalized spacial score (nSPS) is 16.8. The molecule has 7 heteroatoms. The zero-order chi connectivity index (χ0) is 16.3. The van der Waals surface area contributed by atoms with Crippen LogP contribution in [0.3, 0.4) is 0 Å². The number of amides is 1. The van der Waals surface area contributed by atoms with Gasteiger partial charge in [0.1, 0.15) is 5.54 Å². The zero-order valence-electron chi connectivity index (χ0n) is 13.5. The molecule has 1 aliphatic carbocycles. The highest BCUT2D eigenvalue weighted by Crippen LogP contribution is 2.36. The van der Waals surface area contributed by atoms with Crippen molar-refractivity contribution in [3.8, 4) is 5.69 Å². The van der Waals surface area contributed by atoms with Gasteiger partial charge >= 0.3 is 6.09 Å². The van der Waals surface area contributed by atoms with Crippen molar-refractivity contribution in [2.45, 2.75) is 44.6 Å². The molecule has 0 atom stereocenters. The molecule has 122 valence electrons. The molecule has 0 aliphatic heterocycles. The minimum atomic E-state index is -0.584. The fourth-order valence-electron chi connectivity index (χ4n) is 3.15. The number of benzene rings is 1. The molecule has 0 unspecified atom stereocenters. The van der Waals surface area contributed by atoms with Crippen molar-refractivity contribution in [2.24, 2.45) is 0 Å². The molecule has 0 saturated heterocycles. The number of nitrogens with zero attached hydrogens (tertiary/aromatic N) is 4. The number of carbonyl (C=O) groups excluding carboxylic acids is 1. The van der Waals surface area contributed by atoms with Crippen molar-refractivity contribution in [2.75, 3.05) is 7.11 Å². The first-order chi connectivity index (χ1) is 11.1. The largest absolute Gasteiger partial charge is 0.453 e. The van der Waals surface area contributed by atoms with Gasteiger partial charge in [-0.2, -0.15) is 4.68 Å². The van der Waals surface area contributed by atoms with Gasteiger partial charge in [0.15, 0.2) is 5.82 Å². The molecule has 0 spiro atoms. The van der Waals surface area contributed by atoms with E-state index >= 15 is 0 Å². The highest BCUT2D eigenvalue weighted by molar-refractivity contribution is 5.68. The minimum absolute atomic E-state index is 0.453. The van der Waals surface area contributed by atoms with Gasteiger partial charge in [0.05, 0.1) is 12.8 Å². The number of ether oxygens (including phenoxy) is 1. The first-order valence-electron chi connectivity index (χ1n) is 7.87. The van der Waals surface area contributed by atoms with E-state index in [1.165, 1.54) is 12.7 Å². The van der Waals surface area contributed by atoms with Crippen molar-refractivity contribution >= 4 is 6.09 Å². The third-order valence-electron chi connectivity index (χ3n) is 4.41. The molecule has 3 rings (SSSR count). The number of aromatic nitrogens is 4. The van der Waals surface area contributed by atoms with Crippen LogP contribution < -0.4 is 5.32 Å². The second-order valence-electron chi connectivity index (χ2n) is 6.01. The molecule has 0 bridgehead atoms. The summed E-state index contributed by atoms with van der Waals surface area (Å²) < 4.78 is 6.52. The maximum Gasteiger partial charge on any atom is 0.407 e. The molecule has 1 aromatic heterocycles. The lowest BCUT2D eigenvalue weighted by Gasteiger charge is -2.36. The summed E-state index contributed by atoms with van der Waals surface area (Å²) in [7, 11) is 1.37. The standard InChI is InChI=1S/C16H21N5O2/c1-12-6-8-13(9-7-12)21-14(18-19-20-21)16(17-15(22)23-2)10-4-3-5-11-16/h6-9H,3-5,10-11H2,1-2H3,(H,17,22). The van der Waals surface area contributed by atoms with Crippen LogP contribution in [0.25, 0.3) is 5.69 Å². The minimum Gasteiger partial charge on any atom is -0.453 e. The number of nitrogens with one attached hydrogen (secondary N) is 1. The second-order valence-corrected chi connectivity index (χ2v) is 6.01. The second kappa shape index (κ2) is 6.36. The van der Waals surface area contributed by atoms with Crippen molar-refractivity contribution in [3.05, 3.63) is 35.7 Å². The summed E-state index contributed by atoms with van der Waals surface area (Å²) in [5.74, 6) is 0.659. The van der Waals surface area contributed by atoms with E-state index in [2.05, 4.69) is 20.8 Å². The number of hydrogen-bond donors (Lipinski definition) is 1. The van der Waals surface area contributed by atoms with Crippen molar-refractivity contribution in [1.82, 2.24) is 25.5 Å². The Morgan fingerprint density at radius 2 is 1.91 bits per heavy atom. The van der Waals surface area contributed by atoms with Crippen molar-refractivity contribution in [3.63, 3.8) is 0 Å². The number of aryl methyl sites for hydroxylation is 1. The molecule has 1 amide bonds. The van der Waals surface area contributed by atoms with Crippen LogP contribution in [-0.4, -0.2) is 33.4 Å². The first-order valence-corrected chi connectivity index (χ1v) is 7.87. The number of hydrogen-bond acceptors (Lipinski definition) is 5. The summed E-state index contributed by atoms with van der Waals surface area (Å²) in [6.07, 6.45) is 4.33. The molecule has 1 aliphatic rings. The fraction of sp³-hybridized carbons (Fsp3) is 0.500. The number of alkyl carbamates (subject to hydrolysis) is 1. The van der Waals surface area contributed by atoms with Crippen LogP contribution in [0.4, 0.5) is 4.79 Å². The first kappa shape index (κ1) is 15.5. The van der Waals surface area contributed by atoms with Gasteiger partial charge in [-0.25, -0.2) is 4.79 Å². The Morgan fingerprint density at radius 3 is 2.57 bits per heavy atom. The molecule has 23 heavy (non-hydrogen) atoms. The molecule has 1 saturated carbocycles. The topological polar surface area (TPSA) is 81.9 Å². The SMILES string of the molecule is COC(=O)NC1(c2nnnn2-c2ccc(C)cc2)CCCCC1. The van der Waals surface area contributed by atoms with Gasteiger partial charge in [-0.3, -0.25) is 0 Å². The Balaban J connectivity index is 2.02. The van der Waals surface area contributed by atoms with Gasteiger partial charge in [0.2, 0.25) is 0 Å². The van der Waals surface area contributed by atoms with Gasteiger partial charge in [-0.15, -0.1) is 5.10 Å². The lowest BCUT2D eigenvalue weighted by Crippen LogP contribution is -2.49. The molecular weight excluding hydrogens is 294 g/mol. The maximum atomic E-state index is 11.9. The summed E-state index contributed by atoms with van der Waals surface area (Å²) in [4.78, 5) is 11.9. The lowest BCUT2D eigenvalue weighted by atomic mass is 9.81. The van der Waals surface area contributed by atoms with Crippen LogP contribution in [-0.2, 0) is 10.3 Å². The van der Waals surface area contributed by atoms with E-state index in [0.717, 1.165) is 37.8 Å². The highest BCUT2D eigenvalue weighted by atomic mass is 16.5. The molecule has 1 fully saturated rings. The van der Waals surface area contributed by atoms with Crippen LogP contribution in [0.2, 0.25) is 0 Å². The quantitative estimate of drug-likeness (QED) is 0.941. The van der Waals surface area contributed by atoms with E-state index in [9.17, 15) is 4.79 Å².